The maximum Gasteiger partial charge on any atom is 0.160 e. The van der Waals surface area contributed by atoms with E-state index in [1.807, 2.05) is 0 Å². The van der Waals surface area contributed by atoms with E-state index in [9.17, 15) is 0 Å². The van der Waals surface area contributed by atoms with Crippen LogP contribution >= 0.6 is 11.3 Å². The lowest BCUT2D eigenvalue weighted by Gasteiger charge is -2.03. The second-order valence-electron chi connectivity index (χ2n) is 4.84. The Kier molecular flexibility index (Phi) is 3.54. The van der Waals surface area contributed by atoms with E-state index in [0.717, 1.165) is 35.0 Å². The molecule has 0 saturated carbocycles. The molecule has 2 aromatic heterocycles. The van der Waals surface area contributed by atoms with Gasteiger partial charge in [0.15, 0.2) is 5.82 Å². The van der Waals surface area contributed by atoms with E-state index in [1.54, 1.807) is 11.3 Å². The summed E-state index contributed by atoms with van der Waals surface area (Å²) in [5, 5.41) is 3.15. The van der Waals surface area contributed by atoms with Crippen molar-refractivity contribution in [2.45, 2.75) is 26.8 Å². The second kappa shape index (κ2) is 5.34. The molecule has 0 unspecified atom stereocenters. The zero-order valence-electron chi connectivity index (χ0n) is 11.8. The summed E-state index contributed by atoms with van der Waals surface area (Å²) < 4.78 is 2.22. The molecule has 0 bridgehead atoms. The van der Waals surface area contributed by atoms with Crippen LogP contribution in [0.15, 0.2) is 23.6 Å². The Balaban J connectivity index is 2.13. The molecule has 2 heterocycles. The van der Waals surface area contributed by atoms with Gasteiger partial charge < -0.3 is 10.3 Å². The zero-order chi connectivity index (χ0) is 14.1. The third-order valence-electron chi connectivity index (χ3n) is 3.36. The predicted molar refractivity (Wildman–Crippen MR) is 84.0 cm³/mol. The van der Waals surface area contributed by atoms with Crippen LogP contribution in [0.2, 0.25) is 0 Å². The monoisotopic (exact) mass is 286 g/mol. The van der Waals surface area contributed by atoms with Crippen LogP contribution in [-0.4, -0.2) is 21.1 Å². The Morgan fingerprint density at radius 1 is 1.30 bits per heavy atom. The van der Waals surface area contributed by atoms with E-state index in [4.69, 9.17) is 10.7 Å². The van der Waals surface area contributed by atoms with Crippen molar-refractivity contribution in [1.82, 2.24) is 14.5 Å². The average Bonchev–Trinajstić information content (AvgIpc) is 3.02. The van der Waals surface area contributed by atoms with E-state index < -0.39 is 0 Å². The number of thiazole rings is 1. The summed E-state index contributed by atoms with van der Waals surface area (Å²) in [4.78, 5) is 9.42. The number of benzene rings is 1. The molecule has 104 valence electrons. The number of nitrogens with two attached hydrogens (primary N) is 1. The minimum Gasteiger partial charge on any atom is -0.330 e. The van der Waals surface area contributed by atoms with Gasteiger partial charge >= 0.3 is 0 Å². The molecule has 5 heteroatoms. The van der Waals surface area contributed by atoms with Crippen molar-refractivity contribution in [3.63, 3.8) is 0 Å². The van der Waals surface area contributed by atoms with Gasteiger partial charge in [-0.2, -0.15) is 0 Å². The molecule has 3 rings (SSSR count). The van der Waals surface area contributed by atoms with Crippen molar-refractivity contribution < 1.29 is 0 Å². The SMILES string of the molecule is CCn1c(-c2csc(CCN)n2)nc2cc(C)ccc21. The maximum absolute atomic E-state index is 5.59. The summed E-state index contributed by atoms with van der Waals surface area (Å²) in [5.41, 5.74) is 9.98. The van der Waals surface area contributed by atoms with E-state index in [0.29, 0.717) is 6.54 Å². The third-order valence-corrected chi connectivity index (χ3v) is 4.27. The molecule has 0 aliphatic heterocycles. The number of fused-ring (bicyclic) bond motifs is 1. The first-order valence-electron chi connectivity index (χ1n) is 6.84. The summed E-state index contributed by atoms with van der Waals surface area (Å²) in [6.45, 7) is 5.75. The molecule has 0 spiro atoms. The molecule has 3 aromatic rings. The highest BCUT2D eigenvalue weighted by Gasteiger charge is 2.14. The largest absolute Gasteiger partial charge is 0.330 e. The molecule has 0 atom stereocenters. The van der Waals surface area contributed by atoms with Gasteiger partial charge in [-0.3, -0.25) is 0 Å². The van der Waals surface area contributed by atoms with Crippen LogP contribution in [0.4, 0.5) is 0 Å². The highest BCUT2D eigenvalue weighted by molar-refractivity contribution is 7.09. The quantitative estimate of drug-likeness (QED) is 0.802. The number of hydrogen-bond donors (Lipinski definition) is 1. The van der Waals surface area contributed by atoms with Gasteiger partial charge in [0.1, 0.15) is 5.69 Å². The maximum atomic E-state index is 5.59. The molecule has 0 aliphatic rings. The highest BCUT2D eigenvalue weighted by Crippen LogP contribution is 2.26. The Morgan fingerprint density at radius 2 is 2.15 bits per heavy atom. The van der Waals surface area contributed by atoms with Crippen molar-refractivity contribution in [3.8, 4) is 11.5 Å². The first-order chi connectivity index (χ1) is 9.72. The predicted octanol–water partition coefficient (Wildman–Crippen LogP) is 2.99. The summed E-state index contributed by atoms with van der Waals surface area (Å²) in [6.07, 6.45) is 0.829. The normalized spacial score (nSPS) is 11.3. The first kappa shape index (κ1) is 13.3. The molecular formula is C15H18N4S. The van der Waals surface area contributed by atoms with Gasteiger partial charge in [-0.1, -0.05) is 6.07 Å². The minimum absolute atomic E-state index is 0.635. The van der Waals surface area contributed by atoms with E-state index >= 15 is 0 Å². The van der Waals surface area contributed by atoms with E-state index in [1.165, 1.54) is 11.1 Å². The molecule has 4 nitrogen and oxygen atoms in total. The summed E-state index contributed by atoms with van der Waals surface area (Å²) in [5.74, 6) is 0.952. The second-order valence-corrected chi connectivity index (χ2v) is 5.78. The van der Waals surface area contributed by atoms with Gasteiger partial charge in [-0.25, -0.2) is 9.97 Å². The van der Waals surface area contributed by atoms with Crippen molar-refractivity contribution in [1.29, 1.82) is 0 Å². The van der Waals surface area contributed by atoms with E-state index in [2.05, 4.69) is 47.0 Å². The smallest absolute Gasteiger partial charge is 0.160 e. The molecule has 2 N–H and O–H groups in total. The number of aromatic nitrogens is 3. The number of imidazole rings is 1. The Hall–Kier alpha value is -1.72. The molecule has 20 heavy (non-hydrogen) atoms. The molecule has 0 radical (unpaired) electrons. The zero-order valence-corrected chi connectivity index (χ0v) is 12.6. The Bertz CT molecular complexity index is 741. The van der Waals surface area contributed by atoms with Gasteiger partial charge in [-0.05, 0) is 38.1 Å². The number of aryl methyl sites for hydroxylation is 2. The lowest BCUT2D eigenvalue weighted by molar-refractivity contribution is 0.793. The van der Waals surface area contributed by atoms with Crippen LogP contribution in [0.3, 0.4) is 0 Å². The third kappa shape index (κ3) is 2.23. The van der Waals surface area contributed by atoms with Crippen LogP contribution in [0.1, 0.15) is 17.5 Å². The van der Waals surface area contributed by atoms with Crippen molar-refractivity contribution in [3.05, 3.63) is 34.2 Å². The summed E-state index contributed by atoms with van der Waals surface area (Å²) >= 11 is 1.66. The lowest BCUT2D eigenvalue weighted by Crippen LogP contribution is -2.02. The number of hydrogen-bond acceptors (Lipinski definition) is 4. The molecule has 0 amide bonds. The molecule has 0 aliphatic carbocycles. The van der Waals surface area contributed by atoms with Crippen molar-refractivity contribution in [2.24, 2.45) is 5.73 Å². The topological polar surface area (TPSA) is 56.7 Å². The van der Waals surface area contributed by atoms with Crippen molar-refractivity contribution in [2.75, 3.05) is 6.54 Å². The highest BCUT2D eigenvalue weighted by atomic mass is 32.1. The van der Waals surface area contributed by atoms with E-state index in [-0.39, 0.29) is 0 Å². The average molecular weight is 286 g/mol. The fourth-order valence-corrected chi connectivity index (χ4v) is 3.20. The first-order valence-corrected chi connectivity index (χ1v) is 7.72. The fourth-order valence-electron chi connectivity index (χ4n) is 2.41. The van der Waals surface area contributed by atoms with Gasteiger partial charge in [-0.15, -0.1) is 11.3 Å². The Labute approximate surface area is 122 Å². The summed E-state index contributed by atoms with van der Waals surface area (Å²) in [6, 6.07) is 6.39. The molecule has 1 aromatic carbocycles. The molecule has 0 saturated heterocycles. The molecule has 0 fully saturated rings. The van der Waals surface area contributed by atoms with Crippen LogP contribution in [-0.2, 0) is 13.0 Å². The number of nitrogens with zero attached hydrogens (tertiary/aromatic N) is 3. The van der Waals surface area contributed by atoms with Crippen LogP contribution in [0.5, 0.6) is 0 Å². The van der Waals surface area contributed by atoms with Gasteiger partial charge in [0.25, 0.3) is 0 Å². The Morgan fingerprint density at radius 3 is 2.90 bits per heavy atom. The summed E-state index contributed by atoms with van der Waals surface area (Å²) in [7, 11) is 0. The van der Waals surface area contributed by atoms with Gasteiger partial charge in [0, 0.05) is 18.3 Å². The minimum atomic E-state index is 0.635. The van der Waals surface area contributed by atoms with Crippen LogP contribution < -0.4 is 5.73 Å². The van der Waals surface area contributed by atoms with Gasteiger partial charge in [0.2, 0.25) is 0 Å². The number of rotatable bonds is 4. The fraction of sp³-hybridized carbons (Fsp3) is 0.333. The van der Waals surface area contributed by atoms with Crippen molar-refractivity contribution >= 4 is 22.4 Å². The standard InChI is InChI=1S/C15H18N4S/c1-3-19-13-5-4-10(2)8-11(13)18-15(19)12-9-20-14(17-12)6-7-16/h4-5,8-9H,3,6-7,16H2,1-2H3. The van der Waals surface area contributed by atoms with Gasteiger partial charge in [0.05, 0.1) is 16.0 Å². The van der Waals surface area contributed by atoms with Crippen LogP contribution in [0, 0.1) is 6.92 Å². The lowest BCUT2D eigenvalue weighted by atomic mass is 10.2. The molecular weight excluding hydrogens is 268 g/mol. The van der Waals surface area contributed by atoms with Crippen LogP contribution in [0.25, 0.3) is 22.6 Å².